The number of carbonyl (C=O) groups is 1. The van der Waals surface area contributed by atoms with Crippen molar-refractivity contribution in [2.75, 3.05) is 10.6 Å². The number of hydrogen-bond acceptors (Lipinski definition) is 2. The van der Waals surface area contributed by atoms with E-state index in [1.807, 2.05) is 0 Å². The zero-order chi connectivity index (χ0) is 12.3. The van der Waals surface area contributed by atoms with Gasteiger partial charge in [-0.1, -0.05) is 0 Å². The first-order valence-electron chi connectivity index (χ1n) is 4.72. The molecule has 0 aliphatic heterocycles. The molecule has 88 valence electrons. The lowest BCUT2D eigenvalue weighted by molar-refractivity contribution is 0.261. The van der Waals surface area contributed by atoms with Crippen LogP contribution in [0, 0.1) is 5.82 Å². The van der Waals surface area contributed by atoms with E-state index in [-0.39, 0.29) is 5.82 Å². The van der Waals surface area contributed by atoms with Crippen LogP contribution in [-0.4, -0.2) is 6.03 Å². The lowest BCUT2D eigenvalue weighted by atomic mass is 10.3. The highest BCUT2D eigenvalue weighted by molar-refractivity contribution is 9.10. The molecule has 0 fully saturated rings. The molecule has 1 aromatic heterocycles. The summed E-state index contributed by atoms with van der Waals surface area (Å²) < 4.78 is 18.2. The first kappa shape index (κ1) is 11.7. The molecule has 4 nitrogen and oxygen atoms in total. The molecule has 1 heterocycles. The molecule has 0 aliphatic carbocycles. The first-order valence-corrected chi connectivity index (χ1v) is 5.52. The fourth-order valence-corrected chi connectivity index (χ4v) is 1.50. The van der Waals surface area contributed by atoms with Crippen LogP contribution < -0.4 is 10.6 Å². The number of hydrogen-bond donors (Lipinski definition) is 2. The number of anilines is 2. The van der Waals surface area contributed by atoms with Crippen LogP contribution in [0.2, 0.25) is 0 Å². The predicted molar refractivity (Wildman–Crippen MR) is 65.4 cm³/mol. The van der Waals surface area contributed by atoms with Crippen molar-refractivity contribution in [3.63, 3.8) is 0 Å². The van der Waals surface area contributed by atoms with Crippen LogP contribution in [-0.2, 0) is 0 Å². The van der Waals surface area contributed by atoms with Gasteiger partial charge in [0.2, 0.25) is 5.88 Å². The predicted octanol–water partition coefficient (Wildman–Crippen LogP) is 3.83. The molecule has 0 spiro atoms. The number of benzene rings is 1. The molecule has 6 heteroatoms. The lowest BCUT2D eigenvalue weighted by Crippen LogP contribution is -2.18. The zero-order valence-electron chi connectivity index (χ0n) is 8.54. The summed E-state index contributed by atoms with van der Waals surface area (Å²) in [6, 6.07) is 8.26. The van der Waals surface area contributed by atoms with E-state index in [0.29, 0.717) is 16.2 Å². The molecule has 0 radical (unpaired) electrons. The largest absolute Gasteiger partial charge is 0.434 e. The lowest BCUT2D eigenvalue weighted by Gasteiger charge is -2.04. The van der Waals surface area contributed by atoms with Gasteiger partial charge < -0.3 is 9.73 Å². The Balaban J connectivity index is 1.95. The second-order valence-electron chi connectivity index (χ2n) is 3.19. The van der Waals surface area contributed by atoms with E-state index in [1.54, 1.807) is 12.1 Å². The molecule has 2 rings (SSSR count). The Kier molecular flexibility index (Phi) is 3.43. The molecule has 1 aromatic carbocycles. The third kappa shape index (κ3) is 3.32. The van der Waals surface area contributed by atoms with Crippen LogP contribution >= 0.6 is 15.9 Å². The van der Waals surface area contributed by atoms with Gasteiger partial charge in [0, 0.05) is 11.8 Å². The van der Waals surface area contributed by atoms with Crippen LogP contribution in [0.15, 0.2) is 45.5 Å². The molecule has 0 aliphatic rings. The van der Waals surface area contributed by atoms with Gasteiger partial charge in [-0.05, 0) is 46.3 Å². The van der Waals surface area contributed by atoms with Crippen molar-refractivity contribution in [1.82, 2.24) is 0 Å². The number of urea groups is 1. The summed E-state index contributed by atoms with van der Waals surface area (Å²) in [5, 5.41) is 5.02. The molecular formula is C11H8BrFN2O2. The van der Waals surface area contributed by atoms with Crippen LogP contribution in [0.25, 0.3) is 0 Å². The van der Waals surface area contributed by atoms with Crippen LogP contribution in [0.5, 0.6) is 0 Å². The minimum Gasteiger partial charge on any atom is -0.434 e. The van der Waals surface area contributed by atoms with Crippen LogP contribution in [0.4, 0.5) is 20.8 Å². The van der Waals surface area contributed by atoms with Crippen molar-refractivity contribution in [3.8, 4) is 0 Å². The third-order valence-electron chi connectivity index (χ3n) is 1.91. The van der Waals surface area contributed by atoms with Gasteiger partial charge in [0.05, 0.1) is 0 Å². The molecule has 2 N–H and O–H groups in total. The number of rotatable bonds is 2. The maximum atomic E-state index is 12.6. The van der Waals surface area contributed by atoms with E-state index in [1.165, 1.54) is 24.3 Å². The fourth-order valence-electron chi connectivity index (χ4n) is 1.19. The average Bonchev–Trinajstić information content (AvgIpc) is 2.67. The first-order chi connectivity index (χ1) is 8.13. The van der Waals surface area contributed by atoms with Crippen molar-refractivity contribution >= 4 is 33.5 Å². The monoisotopic (exact) mass is 298 g/mol. The Morgan fingerprint density at radius 2 is 1.82 bits per heavy atom. The van der Waals surface area contributed by atoms with E-state index in [0.717, 1.165) is 0 Å². The Hall–Kier alpha value is -1.82. The molecular weight excluding hydrogens is 291 g/mol. The molecule has 0 unspecified atom stereocenters. The van der Waals surface area contributed by atoms with Crippen molar-refractivity contribution < 1.29 is 13.6 Å². The second kappa shape index (κ2) is 5.01. The number of nitrogens with one attached hydrogen (secondary N) is 2. The van der Waals surface area contributed by atoms with Gasteiger partial charge in [0.15, 0.2) is 4.67 Å². The second-order valence-corrected chi connectivity index (χ2v) is 3.97. The van der Waals surface area contributed by atoms with Crippen molar-refractivity contribution in [3.05, 3.63) is 46.9 Å². The highest BCUT2D eigenvalue weighted by Gasteiger charge is 2.05. The highest BCUT2D eigenvalue weighted by atomic mass is 79.9. The Morgan fingerprint density at radius 1 is 1.12 bits per heavy atom. The molecule has 0 saturated carbocycles. The highest BCUT2D eigenvalue weighted by Crippen LogP contribution is 2.18. The third-order valence-corrected chi connectivity index (χ3v) is 2.34. The Bertz CT molecular complexity index is 525. The maximum absolute atomic E-state index is 12.6. The van der Waals surface area contributed by atoms with Gasteiger partial charge in [-0.25, -0.2) is 9.18 Å². The van der Waals surface area contributed by atoms with E-state index < -0.39 is 6.03 Å². The minimum absolute atomic E-state index is 0.316. The fraction of sp³-hybridized carbons (Fsp3) is 0. The molecule has 0 bridgehead atoms. The summed E-state index contributed by atoms with van der Waals surface area (Å²) in [5.74, 6) is -0.0394. The summed E-state index contributed by atoms with van der Waals surface area (Å²) in [5.41, 5.74) is 0.495. The van der Waals surface area contributed by atoms with Gasteiger partial charge in [0.25, 0.3) is 0 Å². The summed E-state index contributed by atoms with van der Waals surface area (Å²) in [6.45, 7) is 0. The molecule has 2 aromatic rings. The zero-order valence-corrected chi connectivity index (χ0v) is 10.1. The van der Waals surface area contributed by atoms with Gasteiger partial charge in [-0.15, -0.1) is 0 Å². The smallest absolute Gasteiger partial charge is 0.326 e. The summed E-state index contributed by atoms with van der Waals surface area (Å²) >= 11 is 3.12. The topological polar surface area (TPSA) is 54.3 Å². The van der Waals surface area contributed by atoms with Gasteiger partial charge in [-0.2, -0.15) is 0 Å². The van der Waals surface area contributed by atoms with Crippen molar-refractivity contribution in [2.45, 2.75) is 0 Å². The number of amides is 2. The minimum atomic E-state index is -0.460. The molecule has 17 heavy (non-hydrogen) atoms. The SMILES string of the molecule is O=C(Nc1ccc(F)cc1)Nc1ccc(Br)o1. The maximum Gasteiger partial charge on any atom is 0.326 e. The van der Waals surface area contributed by atoms with Crippen molar-refractivity contribution in [2.24, 2.45) is 0 Å². The molecule has 0 saturated heterocycles. The van der Waals surface area contributed by atoms with Crippen molar-refractivity contribution in [1.29, 1.82) is 0 Å². The standard InChI is InChI=1S/C11H8BrFN2O2/c12-9-5-6-10(17-9)15-11(16)14-8-3-1-7(13)2-4-8/h1-6H,(H2,14,15,16). The van der Waals surface area contributed by atoms with E-state index in [9.17, 15) is 9.18 Å². The average molecular weight is 299 g/mol. The van der Waals surface area contributed by atoms with E-state index in [2.05, 4.69) is 26.6 Å². The summed E-state index contributed by atoms with van der Waals surface area (Å²) in [6.07, 6.45) is 0. The van der Waals surface area contributed by atoms with Gasteiger partial charge in [-0.3, -0.25) is 5.32 Å². The molecule has 0 atom stereocenters. The van der Waals surface area contributed by atoms with E-state index >= 15 is 0 Å². The van der Waals surface area contributed by atoms with Crippen LogP contribution in [0.3, 0.4) is 0 Å². The molecule has 2 amide bonds. The summed E-state index contributed by atoms with van der Waals surface area (Å²) in [7, 11) is 0. The van der Waals surface area contributed by atoms with Gasteiger partial charge >= 0.3 is 6.03 Å². The van der Waals surface area contributed by atoms with Gasteiger partial charge in [0.1, 0.15) is 5.82 Å². The number of carbonyl (C=O) groups excluding carboxylic acids is 1. The Labute approximate surface area is 105 Å². The number of furan rings is 1. The quantitative estimate of drug-likeness (QED) is 0.885. The summed E-state index contributed by atoms with van der Waals surface area (Å²) in [4.78, 5) is 11.5. The van der Waals surface area contributed by atoms with E-state index in [4.69, 9.17) is 4.42 Å². The normalized spacial score (nSPS) is 10.0. The number of halogens is 2. The van der Waals surface area contributed by atoms with Crippen LogP contribution in [0.1, 0.15) is 0 Å². The Morgan fingerprint density at radius 3 is 2.41 bits per heavy atom.